The zero-order valence-electron chi connectivity index (χ0n) is 32.7. The van der Waals surface area contributed by atoms with E-state index in [9.17, 15) is 14.7 Å². The molecule has 3 heterocycles. The second kappa shape index (κ2) is 19.7. The molecule has 11 heteroatoms. The number of ether oxygens (including phenoxy) is 4. The van der Waals surface area contributed by atoms with E-state index in [1.54, 1.807) is 12.1 Å². The first kappa shape index (κ1) is 40.6. The minimum atomic E-state index is -0.543. The summed E-state index contributed by atoms with van der Waals surface area (Å²) in [5.41, 5.74) is 13.1. The van der Waals surface area contributed by atoms with E-state index in [-0.39, 0.29) is 30.6 Å². The number of rotatable bonds is 16. The molecule has 3 fully saturated rings. The molecule has 302 valence electrons. The van der Waals surface area contributed by atoms with Crippen molar-refractivity contribution in [3.05, 3.63) is 119 Å². The van der Waals surface area contributed by atoms with Crippen LogP contribution in [0.15, 0.2) is 97.1 Å². The highest BCUT2D eigenvalue weighted by molar-refractivity contribution is 5.93. The zero-order chi connectivity index (χ0) is 39.5. The van der Waals surface area contributed by atoms with E-state index in [0.717, 1.165) is 98.0 Å². The molecular weight excluding hydrogens is 721 g/mol. The fraction of sp³-hybridized carbons (Fsp3) is 0.435. The minimum absolute atomic E-state index is 0.00282. The summed E-state index contributed by atoms with van der Waals surface area (Å²) in [5, 5.41) is 15.6. The van der Waals surface area contributed by atoms with Crippen molar-refractivity contribution in [3.63, 3.8) is 0 Å². The number of nitrogens with one attached hydrogen (secondary N) is 2. The van der Waals surface area contributed by atoms with Gasteiger partial charge in [0, 0.05) is 63.8 Å². The quantitative estimate of drug-likeness (QED) is 0.0676. The molecule has 0 aliphatic carbocycles. The lowest BCUT2D eigenvalue weighted by atomic mass is 9.97. The van der Waals surface area contributed by atoms with Crippen LogP contribution in [-0.4, -0.2) is 66.6 Å². The number of hydrogen-bond acceptors (Lipinski definition) is 9. The Morgan fingerprint density at radius 2 is 1.44 bits per heavy atom. The third-order valence-electron chi connectivity index (χ3n) is 11.3. The predicted octanol–water partition coefficient (Wildman–Crippen LogP) is 7.41. The molecule has 3 atom stereocenters. The molecule has 0 aromatic heterocycles. The number of carbonyl (C=O) groups excluding carboxylic acids is 2. The predicted molar refractivity (Wildman–Crippen MR) is 220 cm³/mol. The maximum Gasteiger partial charge on any atom is 0.224 e. The summed E-state index contributed by atoms with van der Waals surface area (Å²) in [7, 11) is 0. The van der Waals surface area contributed by atoms with Crippen LogP contribution in [-0.2, 0) is 41.7 Å². The fourth-order valence-electron chi connectivity index (χ4n) is 7.99. The first-order valence-corrected chi connectivity index (χ1v) is 20.5. The van der Waals surface area contributed by atoms with Crippen molar-refractivity contribution in [2.45, 2.75) is 95.2 Å². The molecule has 3 aliphatic heterocycles. The third kappa shape index (κ3) is 11.1. The van der Waals surface area contributed by atoms with Gasteiger partial charge in [0.05, 0.1) is 43.4 Å². The Hall–Kier alpha value is -4.62. The summed E-state index contributed by atoms with van der Waals surface area (Å²) >= 11 is 0. The lowest BCUT2D eigenvalue weighted by Gasteiger charge is -2.41. The van der Waals surface area contributed by atoms with E-state index in [2.05, 4.69) is 51.9 Å². The van der Waals surface area contributed by atoms with Crippen molar-refractivity contribution in [2.24, 2.45) is 0 Å². The number of amides is 2. The largest absolute Gasteiger partial charge is 0.397 e. The average molecular weight is 777 g/mol. The van der Waals surface area contributed by atoms with Gasteiger partial charge >= 0.3 is 0 Å². The Balaban J connectivity index is 0.909. The fourth-order valence-corrected chi connectivity index (χ4v) is 7.99. The number of nitrogens with zero attached hydrogens (tertiary/aromatic N) is 1. The standard InChI is InChI=1S/C46H56N4O7/c47-40-11-7-8-12-41(40)49-44(53)14-4-2-1-3-13-43(52)48-30-37-9-5-6-10-39(37)34-19-21-36(22-20-34)45-56-38(29-42(57-45)35-17-15-33(32-51)16-18-35)31-50-25-23-46(24-26-50)54-27-28-55-46/h5-12,15-22,38,42,45,51H,1-4,13-14,23-32,47H2,(H,48,52)(H,49,53)/t38-,42+,45+/m0/s1. The number of para-hydroxylation sites is 2. The number of aliphatic hydroxyl groups excluding tert-OH is 1. The molecule has 57 heavy (non-hydrogen) atoms. The van der Waals surface area contributed by atoms with Gasteiger partial charge in [-0.1, -0.05) is 97.8 Å². The maximum absolute atomic E-state index is 12.8. The van der Waals surface area contributed by atoms with Gasteiger partial charge < -0.3 is 45.3 Å². The first-order valence-electron chi connectivity index (χ1n) is 20.5. The molecule has 0 unspecified atom stereocenters. The molecule has 4 aromatic rings. The van der Waals surface area contributed by atoms with Gasteiger partial charge in [0.1, 0.15) is 0 Å². The summed E-state index contributed by atoms with van der Waals surface area (Å²) in [5.74, 6) is -0.448. The number of anilines is 2. The molecule has 3 aliphatic rings. The van der Waals surface area contributed by atoms with Crippen molar-refractivity contribution >= 4 is 23.2 Å². The van der Waals surface area contributed by atoms with E-state index < -0.39 is 12.1 Å². The number of carbonyl (C=O) groups is 2. The van der Waals surface area contributed by atoms with Crippen LogP contribution >= 0.6 is 0 Å². The molecule has 3 saturated heterocycles. The minimum Gasteiger partial charge on any atom is -0.397 e. The van der Waals surface area contributed by atoms with Gasteiger partial charge in [0.15, 0.2) is 12.1 Å². The number of benzene rings is 4. The van der Waals surface area contributed by atoms with E-state index in [4.69, 9.17) is 24.7 Å². The number of hydrogen-bond donors (Lipinski definition) is 4. The maximum atomic E-state index is 12.8. The number of nitrogens with two attached hydrogens (primary N) is 1. The van der Waals surface area contributed by atoms with Crippen molar-refractivity contribution in [3.8, 4) is 11.1 Å². The second-order valence-electron chi connectivity index (χ2n) is 15.4. The highest BCUT2D eigenvalue weighted by Crippen LogP contribution is 2.40. The highest BCUT2D eigenvalue weighted by atomic mass is 16.7. The lowest BCUT2D eigenvalue weighted by Crippen LogP contribution is -2.48. The number of piperidine rings is 1. The molecule has 4 aromatic carbocycles. The Morgan fingerprint density at radius 1 is 0.772 bits per heavy atom. The molecule has 0 bridgehead atoms. The molecule has 0 saturated carbocycles. The molecular formula is C46H56N4O7. The summed E-state index contributed by atoms with van der Waals surface area (Å²) in [6, 6.07) is 31.7. The zero-order valence-corrected chi connectivity index (χ0v) is 32.7. The molecule has 2 amide bonds. The molecule has 0 radical (unpaired) electrons. The van der Waals surface area contributed by atoms with E-state index in [0.29, 0.717) is 44.0 Å². The lowest BCUT2D eigenvalue weighted by molar-refractivity contribution is -0.255. The number of nitrogen functional groups attached to an aromatic ring is 1. The average Bonchev–Trinajstić information content (AvgIpc) is 3.71. The second-order valence-corrected chi connectivity index (χ2v) is 15.4. The topological polar surface area (TPSA) is 145 Å². The SMILES string of the molecule is Nc1ccccc1NC(=O)CCCCCCC(=O)NCc1ccccc1-c1ccc([C@@H]2O[C@H](CN3CCC4(CC3)OCCO4)C[C@H](c3ccc(CO)cc3)O2)cc1. The summed E-state index contributed by atoms with van der Waals surface area (Å²) in [6.07, 6.45) is 5.86. The van der Waals surface area contributed by atoms with Gasteiger partial charge in [-0.15, -0.1) is 0 Å². The number of unbranched alkanes of at least 4 members (excludes halogenated alkanes) is 3. The smallest absolute Gasteiger partial charge is 0.224 e. The van der Waals surface area contributed by atoms with Crippen molar-refractivity contribution in [2.75, 3.05) is 43.9 Å². The van der Waals surface area contributed by atoms with E-state index >= 15 is 0 Å². The van der Waals surface area contributed by atoms with Crippen molar-refractivity contribution < 1.29 is 33.6 Å². The highest BCUT2D eigenvalue weighted by Gasteiger charge is 2.41. The Labute approximate surface area is 335 Å². The van der Waals surface area contributed by atoms with Crippen LogP contribution in [0.4, 0.5) is 11.4 Å². The normalized spacial score (nSPS) is 20.7. The summed E-state index contributed by atoms with van der Waals surface area (Å²) in [6.45, 7) is 4.35. The number of likely N-dealkylation sites (tertiary alicyclic amines) is 1. The first-order chi connectivity index (χ1) is 27.9. The summed E-state index contributed by atoms with van der Waals surface area (Å²) < 4.78 is 25.2. The molecule has 1 spiro atoms. The Morgan fingerprint density at radius 3 is 2.16 bits per heavy atom. The van der Waals surface area contributed by atoms with Gasteiger partial charge in [0.2, 0.25) is 11.8 Å². The molecule has 11 nitrogen and oxygen atoms in total. The Kier molecular flexibility index (Phi) is 14.0. The van der Waals surface area contributed by atoms with Crippen molar-refractivity contribution in [1.29, 1.82) is 0 Å². The molecule has 5 N–H and O–H groups in total. The van der Waals surface area contributed by atoms with Crippen LogP contribution < -0.4 is 16.4 Å². The van der Waals surface area contributed by atoms with Gasteiger partial charge in [0.25, 0.3) is 0 Å². The van der Waals surface area contributed by atoms with Gasteiger partial charge in [-0.25, -0.2) is 0 Å². The number of aliphatic hydroxyl groups is 1. The van der Waals surface area contributed by atoms with Crippen LogP contribution in [0, 0.1) is 0 Å². The van der Waals surface area contributed by atoms with Gasteiger partial charge in [-0.05, 0) is 52.8 Å². The Bertz CT molecular complexity index is 1900. The third-order valence-corrected chi connectivity index (χ3v) is 11.3. The van der Waals surface area contributed by atoms with Crippen LogP contribution in [0.3, 0.4) is 0 Å². The van der Waals surface area contributed by atoms with Gasteiger partial charge in [-0.2, -0.15) is 0 Å². The monoisotopic (exact) mass is 776 g/mol. The van der Waals surface area contributed by atoms with Crippen LogP contribution in [0.2, 0.25) is 0 Å². The summed E-state index contributed by atoms with van der Waals surface area (Å²) in [4.78, 5) is 27.5. The van der Waals surface area contributed by atoms with E-state index in [1.165, 1.54) is 0 Å². The van der Waals surface area contributed by atoms with Crippen LogP contribution in [0.5, 0.6) is 0 Å². The van der Waals surface area contributed by atoms with Gasteiger partial charge in [-0.3, -0.25) is 9.59 Å². The van der Waals surface area contributed by atoms with Crippen molar-refractivity contribution in [1.82, 2.24) is 10.2 Å². The van der Waals surface area contributed by atoms with Crippen LogP contribution in [0.1, 0.15) is 92.4 Å². The molecule has 7 rings (SSSR count). The van der Waals surface area contributed by atoms with E-state index in [1.807, 2.05) is 48.5 Å². The van der Waals surface area contributed by atoms with Crippen LogP contribution in [0.25, 0.3) is 11.1 Å².